The Balaban J connectivity index is 1.92. The third-order valence-electron chi connectivity index (χ3n) is 3.13. The van der Waals surface area contributed by atoms with Crippen LogP contribution in [0.25, 0.3) is 0 Å². The molecule has 1 aliphatic rings. The van der Waals surface area contributed by atoms with Gasteiger partial charge in [0.2, 0.25) is 0 Å². The summed E-state index contributed by atoms with van der Waals surface area (Å²) in [6, 6.07) is 3.87. The summed E-state index contributed by atoms with van der Waals surface area (Å²) in [4.78, 5) is 4.04. The zero-order valence-corrected chi connectivity index (χ0v) is 10.4. The molecule has 0 aliphatic heterocycles. The largest absolute Gasteiger partial charge is 0.491 e. The average molecular weight is 270 g/mol. The average Bonchev–Trinajstić information content (AvgIpc) is 2.77. The van der Waals surface area contributed by atoms with Crippen molar-refractivity contribution in [1.82, 2.24) is 4.98 Å². The van der Waals surface area contributed by atoms with Crippen LogP contribution in [-0.2, 0) is 0 Å². The van der Waals surface area contributed by atoms with E-state index in [0.29, 0.717) is 5.41 Å². The summed E-state index contributed by atoms with van der Waals surface area (Å²) in [6.45, 7) is 0.809. The van der Waals surface area contributed by atoms with Crippen molar-refractivity contribution in [2.45, 2.75) is 25.7 Å². The lowest BCUT2D eigenvalue weighted by Crippen LogP contribution is -2.26. The number of rotatable bonds is 4. The molecule has 1 heterocycles. The van der Waals surface area contributed by atoms with Gasteiger partial charge in [-0.3, -0.25) is 4.98 Å². The van der Waals surface area contributed by atoms with Crippen LogP contribution in [0.3, 0.4) is 0 Å². The van der Waals surface area contributed by atoms with Gasteiger partial charge in [0.1, 0.15) is 5.75 Å². The van der Waals surface area contributed by atoms with Crippen molar-refractivity contribution in [3.63, 3.8) is 0 Å². The van der Waals surface area contributed by atoms with E-state index in [0.717, 1.165) is 17.7 Å². The highest BCUT2D eigenvalue weighted by molar-refractivity contribution is 9.09. The van der Waals surface area contributed by atoms with E-state index < -0.39 is 0 Å². The molecule has 1 aliphatic carbocycles. The van der Waals surface area contributed by atoms with Crippen molar-refractivity contribution >= 4 is 15.9 Å². The monoisotopic (exact) mass is 269 g/mol. The first-order valence-corrected chi connectivity index (χ1v) is 6.56. The first-order valence-electron chi connectivity index (χ1n) is 5.43. The van der Waals surface area contributed by atoms with Crippen LogP contribution in [0.15, 0.2) is 24.5 Å². The number of hydrogen-bond donors (Lipinski definition) is 0. The maximum atomic E-state index is 5.79. The lowest BCUT2D eigenvalue weighted by molar-refractivity contribution is 0.173. The topological polar surface area (TPSA) is 22.1 Å². The highest BCUT2D eigenvalue weighted by Crippen LogP contribution is 2.39. The van der Waals surface area contributed by atoms with E-state index >= 15 is 0 Å². The van der Waals surface area contributed by atoms with Crippen LogP contribution < -0.4 is 4.74 Å². The number of hydrogen-bond acceptors (Lipinski definition) is 2. The second-order valence-electron chi connectivity index (χ2n) is 4.32. The first-order chi connectivity index (χ1) is 7.35. The molecule has 0 amide bonds. The fourth-order valence-corrected chi connectivity index (χ4v) is 2.83. The summed E-state index contributed by atoms with van der Waals surface area (Å²) in [6.07, 6.45) is 8.76. The molecule has 82 valence electrons. The second kappa shape index (κ2) is 4.97. The van der Waals surface area contributed by atoms with E-state index in [1.807, 2.05) is 12.1 Å². The Labute approximate surface area is 99.2 Å². The van der Waals surface area contributed by atoms with Crippen molar-refractivity contribution in [2.24, 2.45) is 5.41 Å². The summed E-state index contributed by atoms with van der Waals surface area (Å²) in [7, 11) is 0. The molecule has 1 fully saturated rings. The highest BCUT2D eigenvalue weighted by atomic mass is 79.9. The molecule has 0 saturated heterocycles. The maximum Gasteiger partial charge on any atom is 0.137 e. The quantitative estimate of drug-likeness (QED) is 0.782. The third-order valence-corrected chi connectivity index (χ3v) is 4.32. The molecule has 0 unspecified atom stereocenters. The zero-order chi connectivity index (χ0) is 10.6. The number of pyridine rings is 1. The molecular weight excluding hydrogens is 254 g/mol. The third kappa shape index (κ3) is 2.71. The zero-order valence-electron chi connectivity index (χ0n) is 8.79. The fourth-order valence-electron chi connectivity index (χ4n) is 2.11. The molecule has 1 aromatic heterocycles. The minimum atomic E-state index is 0.357. The Morgan fingerprint density at radius 3 is 2.80 bits per heavy atom. The lowest BCUT2D eigenvalue weighted by atomic mass is 9.90. The normalized spacial score (nSPS) is 19.0. The molecule has 0 aromatic carbocycles. The minimum absolute atomic E-state index is 0.357. The van der Waals surface area contributed by atoms with Gasteiger partial charge in [-0.25, -0.2) is 0 Å². The summed E-state index contributed by atoms with van der Waals surface area (Å²) in [5, 5.41) is 1.04. The second-order valence-corrected chi connectivity index (χ2v) is 4.88. The Bertz CT molecular complexity index is 296. The van der Waals surface area contributed by atoms with E-state index in [9.17, 15) is 0 Å². The predicted molar refractivity (Wildman–Crippen MR) is 64.4 cm³/mol. The van der Waals surface area contributed by atoms with Gasteiger partial charge in [-0.2, -0.15) is 0 Å². The van der Waals surface area contributed by atoms with E-state index in [-0.39, 0.29) is 0 Å². The van der Waals surface area contributed by atoms with Gasteiger partial charge in [0.15, 0.2) is 0 Å². The molecular formula is C12H16BrNO. The molecule has 0 spiro atoms. The van der Waals surface area contributed by atoms with Crippen molar-refractivity contribution < 1.29 is 4.74 Å². The van der Waals surface area contributed by atoms with Crippen LogP contribution in [0.1, 0.15) is 25.7 Å². The van der Waals surface area contributed by atoms with Crippen molar-refractivity contribution in [3.8, 4) is 5.75 Å². The molecule has 2 rings (SSSR count). The molecule has 0 bridgehead atoms. The molecule has 0 N–H and O–H groups in total. The van der Waals surface area contributed by atoms with Crippen LogP contribution >= 0.6 is 15.9 Å². The SMILES string of the molecule is BrCC1(COc2cccnc2)CCCC1. The van der Waals surface area contributed by atoms with E-state index in [4.69, 9.17) is 4.74 Å². The van der Waals surface area contributed by atoms with Crippen molar-refractivity contribution in [1.29, 1.82) is 0 Å². The summed E-state index contributed by atoms with van der Waals surface area (Å²) >= 11 is 3.61. The van der Waals surface area contributed by atoms with Crippen LogP contribution in [0, 0.1) is 5.41 Å². The van der Waals surface area contributed by atoms with Gasteiger partial charge in [0.05, 0.1) is 12.8 Å². The van der Waals surface area contributed by atoms with E-state index in [1.54, 1.807) is 12.4 Å². The summed E-state index contributed by atoms with van der Waals surface area (Å²) in [5.41, 5.74) is 0.357. The molecule has 2 nitrogen and oxygen atoms in total. The van der Waals surface area contributed by atoms with Crippen LogP contribution in [-0.4, -0.2) is 16.9 Å². The number of aromatic nitrogens is 1. The van der Waals surface area contributed by atoms with Crippen molar-refractivity contribution in [2.75, 3.05) is 11.9 Å². The minimum Gasteiger partial charge on any atom is -0.491 e. The van der Waals surface area contributed by atoms with E-state index in [2.05, 4.69) is 20.9 Å². The molecule has 0 atom stereocenters. The number of nitrogens with zero attached hydrogens (tertiary/aromatic N) is 1. The van der Waals surface area contributed by atoms with Gasteiger partial charge >= 0.3 is 0 Å². The molecule has 3 heteroatoms. The van der Waals surface area contributed by atoms with Crippen molar-refractivity contribution in [3.05, 3.63) is 24.5 Å². The highest BCUT2D eigenvalue weighted by Gasteiger charge is 2.33. The number of ether oxygens (including phenoxy) is 1. The fraction of sp³-hybridized carbons (Fsp3) is 0.583. The summed E-state index contributed by atoms with van der Waals surface area (Å²) < 4.78 is 5.79. The van der Waals surface area contributed by atoms with Gasteiger partial charge in [-0.1, -0.05) is 28.8 Å². The van der Waals surface area contributed by atoms with Crippen LogP contribution in [0.2, 0.25) is 0 Å². The van der Waals surface area contributed by atoms with Crippen LogP contribution in [0.4, 0.5) is 0 Å². The number of alkyl halides is 1. The Morgan fingerprint density at radius 1 is 1.40 bits per heavy atom. The smallest absolute Gasteiger partial charge is 0.137 e. The van der Waals surface area contributed by atoms with E-state index in [1.165, 1.54) is 25.7 Å². The molecule has 0 radical (unpaired) electrons. The standard InChI is InChI=1S/C12H16BrNO/c13-9-12(5-1-2-6-12)10-15-11-4-3-7-14-8-11/h3-4,7-8H,1-2,5-6,9-10H2. The Morgan fingerprint density at radius 2 is 2.20 bits per heavy atom. The van der Waals surface area contributed by atoms with Crippen LogP contribution in [0.5, 0.6) is 5.75 Å². The van der Waals surface area contributed by atoms with Gasteiger partial charge in [-0.05, 0) is 25.0 Å². The summed E-state index contributed by atoms with van der Waals surface area (Å²) in [5.74, 6) is 0.879. The van der Waals surface area contributed by atoms with Gasteiger partial charge in [0.25, 0.3) is 0 Å². The van der Waals surface area contributed by atoms with Gasteiger partial charge in [-0.15, -0.1) is 0 Å². The molecule has 1 aromatic rings. The maximum absolute atomic E-state index is 5.79. The van der Waals surface area contributed by atoms with Gasteiger partial charge in [0, 0.05) is 16.9 Å². The van der Waals surface area contributed by atoms with Gasteiger partial charge < -0.3 is 4.74 Å². The Kier molecular flexibility index (Phi) is 3.62. The predicted octanol–water partition coefficient (Wildman–Crippen LogP) is 3.42. The lowest BCUT2D eigenvalue weighted by Gasteiger charge is -2.26. The first kappa shape index (κ1) is 10.9. The molecule has 15 heavy (non-hydrogen) atoms. The Hall–Kier alpha value is -0.570. The molecule has 1 saturated carbocycles. The number of halogens is 1.